The molecule has 0 saturated carbocycles. The molecule has 8 nitrogen and oxygen atoms in total. The Morgan fingerprint density at radius 3 is 2.79 bits per heavy atom. The number of ether oxygens (including phenoxy) is 1. The zero-order chi connectivity index (χ0) is 17.1. The van der Waals surface area contributed by atoms with Gasteiger partial charge in [-0.1, -0.05) is 23.7 Å². The average Bonchev–Trinajstić information content (AvgIpc) is 3.04. The van der Waals surface area contributed by atoms with E-state index in [1.165, 1.54) is 28.6 Å². The number of halogens is 1. The van der Waals surface area contributed by atoms with Crippen molar-refractivity contribution >= 4 is 29.1 Å². The molecule has 24 heavy (non-hydrogen) atoms. The van der Waals surface area contributed by atoms with Crippen molar-refractivity contribution in [2.75, 3.05) is 7.11 Å². The van der Waals surface area contributed by atoms with Gasteiger partial charge in [0.15, 0.2) is 0 Å². The van der Waals surface area contributed by atoms with Crippen molar-refractivity contribution in [2.24, 2.45) is 0 Å². The Morgan fingerprint density at radius 1 is 1.29 bits per heavy atom. The first-order chi connectivity index (χ1) is 11.6. The molecule has 0 aliphatic heterocycles. The van der Waals surface area contributed by atoms with Crippen LogP contribution in [0.2, 0.25) is 5.02 Å². The van der Waals surface area contributed by atoms with E-state index in [4.69, 9.17) is 16.3 Å². The van der Waals surface area contributed by atoms with Gasteiger partial charge in [-0.2, -0.15) is 4.68 Å². The number of nitrogens with zero attached hydrogens (tertiary/aromatic N) is 5. The Labute approximate surface area is 145 Å². The Bertz CT molecular complexity index is 902. The van der Waals surface area contributed by atoms with Crippen LogP contribution in [-0.4, -0.2) is 32.2 Å². The maximum absolute atomic E-state index is 10.8. The highest BCUT2D eigenvalue weighted by molar-refractivity contribution is 7.99. The third-order valence-electron chi connectivity index (χ3n) is 3.08. The molecule has 2 aromatic carbocycles. The number of para-hydroxylation sites is 2. The second kappa shape index (κ2) is 6.85. The summed E-state index contributed by atoms with van der Waals surface area (Å²) in [5, 5.41) is 23.1. The van der Waals surface area contributed by atoms with Crippen molar-refractivity contribution in [3.05, 3.63) is 57.6 Å². The van der Waals surface area contributed by atoms with E-state index >= 15 is 0 Å². The molecule has 0 atom stereocenters. The molecule has 0 amide bonds. The number of hydrogen-bond acceptors (Lipinski definition) is 7. The van der Waals surface area contributed by atoms with Gasteiger partial charge in [-0.25, -0.2) is 0 Å². The van der Waals surface area contributed by atoms with Crippen LogP contribution >= 0.6 is 23.4 Å². The van der Waals surface area contributed by atoms with Crippen LogP contribution in [0.15, 0.2) is 52.5 Å². The average molecular weight is 364 g/mol. The summed E-state index contributed by atoms with van der Waals surface area (Å²) >= 11 is 7.32. The van der Waals surface area contributed by atoms with Gasteiger partial charge >= 0.3 is 0 Å². The molecule has 0 spiro atoms. The van der Waals surface area contributed by atoms with E-state index in [9.17, 15) is 10.1 Å². The zero-order valence-electron chi connectivity index (χ0n) is 12.3. The largest absolute Gasteiger partial charge is 0.494 e. The fourth-order valence-corrected chi connectivity index (χ4v) is 3.06. The minimum Gasteiger partial charge on any atom is -0.494 e. The standard InChI is InChI=1S/C14H10ClN5O3S/c1-23-12-5-3-2-4-11(12)19-14(16-17-18-19)24-13-7-6-9(20(21)22)8-10(13)15/h2-8H,1H3. The Kier molecular flexibility index (Phi) is 4.63. The minimum absolute atomic E-state index is 0.0753. The van der Waals surface area contributed by atoms with Gasteiger partial charge in [-0.15, -0.1) is 5.10 Å². The molecule has 10 heteroatoms. The predicted octanol–water partition coefficient (Wildman–Crippen LogP) is 3.38. The first-order valence-corrected chi connectivity index (χ1v) is 7.83. The first kappa shape index (κ1) is 16.2. The summed E-state index contributed by atoms with van der Waals surface area (Å²) in [6.07, 6.45) is 0. The number of benzene rings is 2. The van der Waals surface area contributed by atoms with Crippen molar-refractivity contribution < 1.29 is 9.66 Å². The lowest BCUT2D eigenvalue weighted by Gasteiger charge is -2.09. The van der Waals surface area contributed by atoms with Crippen molar-refractivity contribution in [2.45, 2.75) is 10.1 Å². The number of rotatable bonds is 5. The monoisotopic (exact) mass is 363 g/mol. The lowest BCUT2D eigenvalue weighted by Crippen LogP contribution is -2.01. The predicted molar refractivity (Wildman–Crippen MR) is 87.9 cm³/mol. The number of nitro groups is 1. The van der Waals surface area contributed by atoms with Gasteiger partial charge in [-0.3, -0.25) is 10.1 Å². The van der Waals surface area contributed by atoms with E-state index in [1.54, 1.807) is 19.2 Å². The molecule has 0 fully saturated rings. The Morgan fingerprint density at radius 2 is 2.08 bits per heavy atom. The first-order valence-electron chi connectivity index (χ1n) is 6.63. The fraction of sp³-hybridized carbons (Fsp3) is 0.0714. The summed E-state index contributed by atoms with van der Waals surface area (Å²) in [6, 6.07) is 11.5. The molecular formula is C14H10ClN5O3S. The van der Waals surface area contributed by atoms with Gasteiger partial charge in [0.25, 0.3) is 5.69 Å². The lowest BCUT2D eigenvalue weighted by molar-refractivity contribution is -0.384. The van der Waals surface area contributed by atoms with Gasteiger partial charge < -0.3 is 4.74 Å². The zero-order valence-corrected chi connectivity index (χ0v) is 13.9. The van der Waals surface area contributed by atoms with Crippen LogP contribution in [0, 0.1) is 10.1 Å². The second-order valence-corrected chi connectivity index (χ2v) is 5.94. The molecule has 0 saturated heterocycles. The van der Waals surface area contributed by atoms with E-state index in [0.717, 1.165) is 0 Å². The number of non-ortho nitro benzene ring substituents is 1. The molecule has 0 radical (unpaired) electrons. The van der Waals surface area contributed by atoms with E-state index in [1.807, 2.05) is 18.2 Å². The number of tetrazole rings is 1. The summed E-state index contributed by atoms with van der Waals surface area (Å²) in [6.45, 7) is 0. The fourth-order valence-electron chi connectivity index (χ4n) is 1.98. The van der Waals surface area contributed by atoms with Crippen molar-refractivity contribution in [1.82, 2.24) is 20.2 Å². The van der Waals surface area contributed by atoms with Gasteiger partial charge in [0.2, 0.25) is 5.16 Å². The van der Waals surface area contributed by atoms with Crippen LogP contribution in [0.1, 0.15) is 0 Å². The summed E-state index contributed by atoms with van der Waals surface area (Å²) in [7, 11) is 1.56. The molecule has 0 aliphatic rings. The van der Waals surface area contributed by atoms with E-state index in [0.29, 0.717) is 21.5 Å². The summed E-state index contributed by atoms with van der Waals surface area (Å²) in [5.41, 5.74) is 0.596. The molecule has 1 heterocycles. The van der Waals surface area contributed by atoms with Gasteiger partial charge in [-0.05, 0) is 40.4 Å². The normalized spacial score (nSPS) is 10.6. The third-order valence-corrected chi connectivity index (χ3v) is 4.52. The van der Waals surface area contributed by atoms with E-state index in [-0.39, 0.29) is 10.7 Å². The molecule has 0 N–H and O–H groups in total. The second-order valence-electron chi connectivity index (χ2n) is 4.52. The molecule has 3 aromatic rings. The highest BCUT2D eigenvalue weighted by Gasteiger charge is 2.16. The van der Waals surface area contributed by atoms with E-state index < -0.39 is 4.92 Å². The van der Waals surface area contributed by atoms with Crippen LogP contribution in [0.4, 0.5) is 5.69 Å². The highest BCUT2D eigenvalue weighted by Crippen LogP contribution is 2.35. The minimum atomic E-state index is -0.501. The van der Waals surface area contributed by atoms with Crippen LogP contribution in [0.3, 0.4) is 0 Å². The topological polar surface area (TPSA) is 96.0 Å². The molecule has 0 aliphatic carbocycles. The molecule has 3 rings (SSSR count). The molecule has 0 unspecified atom stereocenters. The maximum Gasteiger partial charge on any atom is 0.270 e. The van der Waals surface area contributed by atoms with Gasteiger partial charge in [0.05, 0.1) is 17.1 Å². The molecule has 122 valence electrons. The number of aromatic nitrogens is 4. The van der Waals surface area contributed by atoms with Crippen molar-refractivity contribution in [3.8, 4) is 11.4 Å². The van der Waals surface area contributed by atoms with Crippen molar-refractivity contribution in [1.29, 1.82) is 0 Å². The van der Waals surface area contributed by atoms with Crippen molar-refractivity contribution in [3.63, 3.8) is 0 Å². The SMILES string of the molecule is COc1ccccc1-n1nnnc1Sc1ccc([N+](=O)[O-])cc1Cl. The van der Waals surface area contributed by atoms with Crippen LogP contribution in [-0.2, 0) is 0 Å². The number of nitro benzene ring substituents is 1. The third kappa shape index (κ3) is 3.17. The summed E-state index contributed by atoms with van der Waals surface area (Å²) in [5.74, 6) is 0.612. The maximum atomic E-state index is 10.8. The number of hydrogen-bond donors (Lipinski definition) is 0. The van der Waals surface area contributed by atoms with Crippen LogP contribution in [0.5, 0.6) is 5.75 Å². The van der Waals surface area contributed by atoms with Crippen LogP contribution in [0.25, 0.3) is 5.69 Å². The molecule has 1 aromatic heterocycles. The Hall–Kier alpha value is -2.65. The summed E-state index contributed by atoms with van der Waals surface area (Å²) in [4.78, 5) is 10.9. The lowest BCUT2D eigenvalue weighted by atomic mass is 10.3. The molecule has 0 bridgehead atoms. The smallest absolute Gasteiger partial charge is 0.270 e. The highest BCUT2D eigenvalue weighted by atomic mass is 35.5. The van der Waals surface area contributed by atoms with Crippen LogP contribution < -0.4 is 4.74 Å². The summed E-state index contributed by atoms with van der Waals surface area (Å²) < 4.78 is 6.83. The van der Waals surface area contributed by atoms with Gasteiger partial charge in [0, 0.05) is 17.0 Å². The Balaban J connectivity index is 1.96. The van der Waals surface area contributed by atoms with Gasteiger partial charge in [0.1, 0.15) is 11.4 Å². The van der Waals surface area contributed by atoms with E-state index in [2.05, 4.69) is 15.5 Å². The molecular weight excluding hydrogens is 354 g/mol. The number of methoxy groups -OCH3 is 1. The quantitative estimate of drug-likeness (QED) is 0.506.